The molecule has 1 aromatic carbocycles. The van der Waals surface area contributed by atoms with Crippen molar-refractivity contribution < 1.29 is 4.42 Å². The molecule has 0 aliphatic heterocycles. The monoisotopic (exact) mass is 321 g/mol. The van der Waals surface area contributed by atoms with Gasteiger partial charge in [0, 0.05) is 15.4 Å². The zero-order valence-corrected chi connectivity index (χ0v) is 11.9. The highest BCUT2D eigenvalue weighted by molar-refractivity contribution is 9.10. The van der Waals surface area contributed by atoms with Gasteiger partial charge >= 0.3 is 0 Å². The SMILES string of the molecule is Cc1ccc2c(Cl)cc(-c3ccoc3)nc2c1Br. The van der Waals surface area contributed by atoms with Gasteiger partial charge in [-0.1, -0.05) is 23.7 Å². The summed E-state index contributed by atoms with van der Waals surface area (Å²) in [7, 11) is 0. The first kappa shape index (κ1) is 11.8. The highest BCUT2D eigenvalue weighted by Crippen LogP contribution is 2.33. The van der Waals surface area contributed by atoms with E-state index in [0.717, 1.165) is 32.2 Å². The van der Waals surface area contributed by atoms with Gasteiger partial charge in [-0.25, -0.2) is 4.98 Å². The molecule has 3 rings (SSSR count). The predicted molar refractivity (Wildman–Crippen MR) is 76.9 cm³/mol. The number of fused-ring (bicyclic) bond motifs is 1. The molecule has 0 atom stereocenters. The van der Waals surface area contributed by atoms with Crippen LogP contribution in [0.1, 0.15) is 5.56 Å². The summed E-state index contributed by atoms with van der Waals surface area (Å²) < 4.78 is 6.06. The molecule has 0 aliphatic rings. The maximum absolute atomic E-state index is 6.31. The smallest absolute Gasteiger partial charge is 0.0996 e. The summed E-state index contributed by atoms with van der Waals surface area (Å²) >= 11 is 9.88. The first-order chi connectivity index (χ1) is 8.66. The van der Waals surface area contributed by atoms with E-state index in [-0.39, 0.29) is 0 Å². The van der Waals surface area contributed by atoms with E-state index >= 15 is 0 Å². The third-order valence-corrected chi connectivity index (χ3v) is 4.19. The van der Waals surface area contributed by atoms with Crippen molar-refractivity contribution in [1.29, 1.82) is 0 Å². The minimum Gasteiger partial charge on any atom is -0.472 e. The molecule has 2 nitrogen and oxygen atoms in total. The van der Waals surface area contributed by atoms with Gasteiger partial charge in [-0.05, 0) is 40.5 Å². The summed E-state index contributed by atoms with van der Waals surface area (Å²) in [4.78, 5) is 4.65. The summed E-state index contributed by atoms with van der Waals surface area (Å²) in [6, 6.07) is 7.74. The maximum Gasteiger partial charge on any atom is 0.0996 e. The lowest BCUT2D eigenvalue weighted by Gasteiger charge is -2.07. The van der Waals surface area contributed by atoms with E-state index < -0.39 is 0 Å². The zero-order chi connectivity index (χ0) is 12.7. The number of rotatable bonds is 1. The molecule has 0 unspecified atom stereocenters. The van der Waals surface area contributed by atoms with Gasteiger partial charge in [0.2, 0.25) is 0 Å². The molecule has 0 aliphatic carbocycles. The number of nitrogens with zero attached hydrogens (tertiary/aromatic N) is 1. The van der Waals surface area contributed by atoms with Crippen molar-refractivity contribution in [2.24, 2.45) is 0 Å². The number of hydrogen-bond acceptors (Lipinski definition) is 2. The van der Waals surface area contributed by atoms with Crippen LogP contribution in [0.15, 0.2) is 45.7 Å². The van der Waals surface area contributed by atoms with Gasteiger partial charge in [-0.15, -0.1) is 0 Å². The molecule has 0 N–H and O–H groups in total. The number of benzene rings is 1. The average Bonchev–Trinajstić information content (AvgIpc) is 2.88. The van der Waals surface area contributed by atoms with Crippen LogP contribution in [-0.2, 0) is 0 Å². The summed E-state index contributed by atoms with van der Waals surface area (Å²) in [5, 5.41) is 1.64. The molecule has 0 fully saturated rings. The highest BCUT2D eigenvalue weighted by atomic mass is 79.9. The van der Waals surface area contributed by atoms with Crippen molar-refractivity contribution in [3.05, 3.63) is 51.9 Å². The van der Waals surface area contributed by atoms with E-state index in [1.165, 1.54) is 0 Å². The topological polar surface area (TPSA) is 26.0 Å². The third kappa shape index (κ3) is 1.84. The van der Waals surface area contributed by atoms with Crippen LogP contribution in [0.2, 0.25) is 5.02 Å². The Labute approximate surface area is 118 Å². The van der Waals surface area contributed by atoms with E-state index in [2.05, 4.69) is 20.9 Å². The van der Waals surface area contributed by atoms with E-state index in [1.54, 1.807) is 12.5 Å². The van der Waals surface area contributed by atoms with Crippen LogP contribution in [0, 0.1) is 6.92 Å². The molecule has 2 heterocycles. The quantitative estimate of drug-likeness (QED) is 0.614. The molecule has 4 heteroatoms. The number of hydrogen-bond donors (Lipinski definition) is 0. The molecule has 0 spiro atoms. The molecule has 0 radical (unpaired) electrons. The maximum atomic E-state index is 6.31. The van der Waals surface area contributed by atoms with Crippen molar-refractivity contribution in [3.63, 3.8) is 0 Å². The standard InChI is InChI=1S/C14H9BrClNO/c1-8-2-3-10-11(16)6-12(9-4-5-18-7-9)17-14(10)13(8)15/h2-7H,1H3. The second-order valence-electron chi connectivity index (χ2n) is 4.09. The van der Waals surface area contributed by atoms with Crippen molar-refractivity contribution in [3.8, 4) is 11.3 Å². The minimum absolute atomic E-state index is 0.692. The van der Waals surface area contributed by atoms with E-state index in [9.17, 15) is 0 Å². The Bertz CT molecular complexity index is 722. The van der Waals surface area contributed by atoms with Crippen molar-refractivity contribution in [2.45, 2.75) is 6.92 Å². The summed E-state index contributed by atoms with van der Waals surface area (Å²) in [6.45, 7) is 2.03. The van der Waals surface area contributed by atoms with Crippen molar-refractivity contribution >= 4 is 38.4 Å². The van der Waals surface area contributed by atoms with E-state index in [4.69, 9.17) is 16.0 Å². The number of aromatic nitrogens is 1. The van der Waals surface area contributed by atoms with Crippen LogP contribution < -0.4 is 0 Å². The lowest BCUT2D eigenvalue weighted by Crippen LogP contribution is -1.88. The summed E-state index contributed by atoms with van der Waals surface area (Å²) in [6.07, 6.45) is 3.29. The number of aryl methyl sites for hydroxylation is 1. The van der Waals surface area contributed by atoms with Gasteiger partial charge in [-0.2, -0.15) is 0 Å². The van der Waals surface area contributed by atoms with Crippen LogP contribution in [0.3, 0.4) is 0 Å². The lowest BCUT2D eigenvalue weighted by atomic mass is 10.1. The largest absolute Gasteiger partial charge is 0.472 e. The van der Waals surface area contributed by atoms with Crippen molar-refractivity contribution in [1.82, 2.24) is 4.98 Å². The van der Waals surface area contributed by atoms with Gasteiger partial charge in [0.05, 0.1) is 28.8 Å². The van der Waals surface area contributed by atoms with Gasteiger partial charge in [0.25, 0.3) is 0 Å². The number of halogens is 2. The summed E-state index contributed by atoms with van der Waals surface area (Å²) in [5.41, 5.74) is 3.74. The number of furan rings is 1. The molecular formula is C14H9BrClNO. The normalized spacial score (nSPS) is 11.1. The first-order valence-electron chi connectivity index (χ1n) is 5.45. The Morgan fingerprint density at radius 2 is 2.11 bits per heavy atom. The molecule has 0 saturated carbocycles. The Morgan fingerprint density at radius 1 is 1.28 bits per heavy atom. The van der Waals surface area contributed by atoms with Crippen LogP contribution in [0.4, 0.5) is 0 Å². The lowest BCUT2D eigenvalue weighted by molar-refractivity contribution is 0.568. The molecule has 18 heavy (non-hydrogen) atoms. The second kappa shape index (κ2) is 4.41. The minimum atomic E-state index is 0.692. The van der Waals surface area contributed by atoms with Gasteiger partial charge in [-0.3, -0.25) is 0 Å². The van der Waals surface area contributed by atoms with Crippen molar-refractivity contribution in [2.75, 3.05) is 0 Å². The molecule has 90 valence electrons. The molecule has 0 saturated heterocycles. The van der Waals surface area contributed by atoms with Crippen LogP contribution in [-0.4, -0.2) is 4.98 Å². The fraction of sp³-hybridized carbons (Fsp3) is 0.0714. The average molecular weight is 323 g/mol. The van der Waals surface area contributed by atoms with Crippen LogP contribution in [0.5, 0.6) is 0 Å². The molecule has 0 bridgehead atoms. The van der Waals surface area contributed by atoms with E-state index in [0.29, 0.717) is 5.02 Å². The zero-order valence-electron chi connectivity index (χ0n) is 9.58. The Kier molecular flexibility index (Phi) is 2.88. The second-order valence-corrected chi connectivity index (χ2v) is 5.29. The fourth-order valence-corrected chi connectivity index (χ4v) is 2.57. The van der Waals surface area contributed by atoms with Gasteiger partial charge in [0.15, 0.2) is 0 Å². The van der Waals surface area contributed by atoms with Gasteiger partial charge < -0.3 is 4.42 Å². The number of pyridine rings is 1. The Hall–Kier alpha value is -1.32. The highest BCUT2D eigenvalue weighted by Gasteiger charge is 2.10. The third-order valence-electron chi connectivity index (χ3n) is 2.88. The van der Waals surface area contributed by atoms with Crippen LogP contribution >= 0.6 is 27.5 Å². The van der Waals surface area contributed by atoms with Crippen LogP contribution in [0.25, 0.3) is 22.2 Å². The van der Waals surface area contributed by atoms with E-state index in [1.807, 2.05) is 31.2 Å². The fourth-order valence-electron chi connectivity index (χ4n) is 1.88. The molecule has 0 amide bonds. The first-order valence-corrected chi connectivity index (χ1v) is 6.62. The van der Waals surface area contributed by atoms with Gasteiger partial charge in [0.1, 0.15) is 0 Å². The molecular weight excluding hydrogens is 314 g/mol. The predicted octanol–water partition coefficient (Wildman–Crippen LogP) is 5.22. The molecule has 2 aromatic heterocycles. The Balaban J connectivity index is 2.35. The summed E-state index contributed by atoms with van der Waals surface area (Å²) in [5.74, 6) is 0. The Morgan fingerprint density at radius 3 is 2.83 bits per heavy atom. The molecule has 3 aromatic rings.